The molecule has 1 saturated heterocycles. The third kappa shape index (κ3) is 4.59. The fourth-order valence-corrected chi connectivity index (χ4v) is 4.25. The molecule has 3 rings (SSSR count). The number of hydrogen-bond donors (Lipinski definition) is 3. The van der Waals surface area contributed by atoms with Crippen LogP contribution in [0.25, 0.3) is 10.4 Å². The lowest BCUT2D eigenvalue weighted by Crippen LogP contribution is -2.51. The molecule has 7 nitrogen and oxygen atoms in total. The van der Waals surface area contributed by atoms with Gasteiger partial charge in [-0.3, -0.25) is 9.69 Å². The van der Waals surface area contributed by atoms with E-state index in [1.54, 1.807) is 23.2 Å². The highest BCUT2D eigenvalue weighted by atomic mass is 32.1. The number of nitrogens with one attached hydrogen (secondary N) is 1. The first-order chi connectivity index (χ1) is 13.4. The van der Waals surface area contributed by atoms with E-state index >= 15 is 0 Å². The molecule has 2 aromatic rings. The monoisotopic (exact) mass is 405 g/mol. The van der Waals surface area contributed by atoms with Gasteiger partial charge in [0.15, 0.2) is 0 Å². The van der Waals surface area contributed by atoms with Gasteiger partial charge in [-0.05, 0) is 31.4 Å². The van der Waals surface area contributed by atoms with E-state index in [1.807, 2.05) is 36.7 Å². The van der Waals surface area contributed by atoms with E-state index in [0.29, 0.717) is 13.0 Å². The van der Waals surface area contributed by atoms with Crippen molar-refractivity contribution in [3.05, 3.63) is 41.0 Å². The molecule has 1 aliphatic rings. The lowest BCUT2D eigenvalue weighted by atomic mass is 10.1. The van der Waals surface area contributed by atoms with E-state index in [-0.39, 0.29) is 12.5 Å². The maximum Gasteiger partial charge on any atom is 0.237 e. The summed E-state index contributed by atoms with van der Waals surface area (Å²) in [6.07, 6.45) is -1.75. The number of ether oxygens (including phenoxy) is 1. The van der Waals surface area contributed by atoms with Crippen molar-refractivity contribution in [3.63, 3.8) is 0 Å². The van der Waals surface area contributed by atoms with Crippen LogP contribution in [0.5, 0.6) is 0 Å². The van der Waals surface area contributed by atoms with E-state index in [0.717, 1.165) is 21.7 Å². The normalized spacial score (nSPS) is 22.2. The summed E-state index contributed by atoms with van der Waals surface area (Å²) in [4.78, 5) is 19.7. The van der Waals surface area contributed by atoms with Crippen LogP contribution in [0, 0.1) is 6.92 Å². The van der Waals surface area contributed by atoms with Crippen LogP contribution in [-0.2, 0) is 16.1 Å². The number of likely N-dealkylation sites (tertiary alicyclic amines) is 1. The number of aryl methyl sites for hydroxylation is 1. The zero-order valence-corrected chi connectivity index (χ0v) is 17.1. The number of amides is 1. The molecule has 1 aromatic heterocycles. The second kappa shape index (κ2) is 9.11. The van der Waals surface area contributed by atoms with Crippen LogP contribution in [0.2, 0.25) is 0 Å². The van der Waals surface area contributed by atoms with Gasteiger partial charge in [0.05, 0.1) is 34.3 Å². The quantitative estimate of drug-likeness (QED) is 0.647. The van der Waals surface area contributed by atoms with Crippen molar-refractivity contribution in [2.75, 3.05) is 13.7 Å². The maximum absolute atomic E-state index is 12.7. The topological polar surface area (TPSA) is 94.9 Å². The molecular weight excluding hydrogens is 378 g/mol. The number of carbonyl (C=O) groups is 1. The highest BCUT2D eigenvalue weighted by Gasteiger charge is 2.40. The third-order valence-corrected chi connectivity index (χ3v) is 6.16. The Bertz CT molecular complexity index is 795. The molecule has 8 heteroatoms. The number of carbonyl (C=O) groups excluding carboxylic acids is 1. The van der Waals surface area contributed by atoms with E-state index in [9.17, 15) is 15.0 Å². The molecule has 0 saturated carbocycles. The minimum Gasteiger partial charge on any atom is -0.392 e. The molecule has 0 aliphatic carbocycles. The van der Waals surface area contributed by atoms with Crippen LogP contribution in [-0.4, -0.2) is 64.1 Å². The molecule has 0 spiro atoms. The van der Waals surface area contributed by atoms with E-state index in [1.165, 1.54) is 7.11 Å². The largest absolute Gasteiger partial charge is 0.392 e. The first-order valence-electron chi connectivity index (χ1n) is 9.32. The van der Waals surface area contributed by atoms with Gasteiger partial charge in [-0.2, -0.15) is 0 Å². The number of β-amino-alcohol motifs (C(OH)–C–C–N with tert-alkyl or cyclic N) is 1. The van der Waals surface area contributed by atoms with Gasteiger partial charge in [-0.25, -0.2) is 4.98 Å². The van der Waals surface area contributed by atoms with Crippen molar-refractivity contribution in [2.45, 2.75) is 51.3 Å². The standard InChI is InChI=1S/C20H27N3O4S/c1-12-18(28-11-22-12)15-6-4-14(5-7-15)9-21-19(25)17-8-16(24)10-23(17)20(26)13(2)27-3/h4-7,11,13,16-17,20,24,26H,8-10H2,1-3H3,(H,21,25)/t13-,16+,17-,20?/m0/s1. The van der Waals surface area contributed by atoms with Crippen molar-refractivity contribution >= 4 is 17.2 Å². The van der Waals surface area contributed by atoms with Crippen LogP contribution in [0.15, 0.2) is 29.8 Å². The lowest BCUT2D eigenvalue weighted by molar-refractivity contribution is -0.136. The van der Waals surface area contributed by atoms with Crippen LogP contribution >= 0.6 is 11.3 Å². The van der Waals surface area contributed by atoms with E-state index < -0.39 is 24.5 Å². The van der Waals surface area contributed by atoms with Crippen LogP contribution in [0.1, 0.15) is 24.6 Å². The summed E-state index contributed by atoms with van der Waals surface area (Å²) in [6.45, 7) is 4.35. The molecule has 1 fully saturated rings. The molecule has 1 unspecified atom stereocenters. The van der Waals surface area contributed by atoms with Crippen molar-refractivity contribution in [1.82, 2.24) is 15.2 Å². The summed E-state index contributed by atoms with van der Waals surface area (Å²) >= 11 is 1.61. The molecule has 152 valence electrons. The summed E-state index contributed by atoms with van der Waals surface area (Å²) in [5.74, 6) is -0.207. The Hall–Kier alpha value is -1.84. The zero-order valence-electron chi connectivity index (χ0n) is 16.3. The van der Waals surface area contributed by atoms with Crippen molar-refractivity contribution in [1.29, 1.82) is 0 Å². The number of benzene rings is 1. The lowest BCUT2D eigenvalue weighted by Gasteiger charge is -2.31. The van der Waals surface area contributed by atoms with Gasteiger partial charge in [-0.1, -0.05) is 24.3 Å². The molecule has 28 heavy (non-hydrogen) atoms. The number of nitrogens with zero attached hydrogens (tertiary/aromatic N) is 2. The van der Waals surface area contributed by atoms with Crippen LogP contribution in [0.3, 0.4) is 0 Å². The fourth-order valence-electron chi connectivity index (χ4n) is 3.44. The Labute approximate surface area is 169 Å². The Morgan fingerprint density at radius 1 is 1.43 bits per heavy atom. The summed E-state index contributed by atoms with van der Waals surface area (Å²) < 4.78 is 5.16. The van der Waals surface area contributed by atoms with Crippen molar-refractivity contribution in [3.8, 4) is 10.4 Å². The molecular formula is C20H27N3O4S. The molecule has 2 heterocycles. The Kier molecular flexibility index (Phi) is 6.79. The summed E-state index contributed by atoms with van der Waals surface area (Å²) in [5, 5.41) is 23.3. The minimum atomic E-state index is -0.945. The van der Waals surface area contributed by atoms with Gasteiger partial charge in [0.2, 0.25) is 5.91 Å². The average Bonchev–Trinajstić information content (AvgIpc) is 3.30. The Morgan fingerprint density at radius 2 is 2.14 bits per heavy atom. The first-order valence-corrected chi connectivity index (χ1v) is 10.2. The van der Waals surface area contributed by atoms with Gasteiger partial charge in [0, 0.05) is 20.2 Å². The highest BCUT2D eigenvalue weighted by molar-refractivity contribution is 7.13. The zero-order chi connectivity index (χ0) is 20.3. The summed E-state index contributed by atoms with van der Waals surface area (Å²) in [7, 11) is 1.51. The van der Waals surface area contributed by atoms with Gasteiger partial charge in [0.1, 0.15) is 6.23 Å². The predicted molar refractivity (Wildman–Crippen MR) is 108 cm³/mol. The second-order valence-corrected chi connectivity index (χ2v) is 7.99. The number of aliphatic hydroxyl groups excluding tert-OH is 2. The average molecular weight is 406 g/mol. The molecule has 4 atom stereocenters. The molecule has 0 radical (unpaired) electrons. The number of aromatic nitrogens is 1. The smallest absolute Gasteiger partial charge is 0.237 e. The molecule has 1 aliphatic heterocycles. The van der Waals surface area contributed by atoms with E-state index in [4.69, 9.17) is 4.74 Å². The van der Waals surface area contributed by atoms with Crippen LogP contribution < -0.4 is 5.32 Å². The van der Waals surface area contributed by atoms with Gasteiger partial charge in [-0.15, -0.1) is 11.3 Å². The maximum atomic E-state index is 12.7. The number of thiazole rings is 1. The molecule has 3 N–H and O–H groups in total. The summed E-state index contributed by atoms with van der Waals surface area (Å²) in [6, 6.07) is 7.44. The molecule has 0 bridgehead atoms. The van der Waals surface area contributed by atoms with Crippen LogP contribution in [0.4, 0.5) is 0 Å². The minimum absolute atomic E-state index is 0.207. The third-order valence-electron chi connectivity index (χ3n) is 5.18. The molecule has 1 aromatic carbocycles. The van der Waals surface area contributed by atoms with E-state index in [2.05, 4.69) is 10.3 Å². The number of methoxy groups -OCH3 is 1. The Balaban J connectivity index is 1.60. The number of hydrogen-bond acceptors (Lipinski definition) is 7. The fraction of sp³-hybridized carbons (Fsp3) is 0.500. The second-order valence-electron chi connectivity index (χ2n) is 7.14. The van der Waals surface area contributed by atoms with Gasteiger partial charge < -0.3 is 20.3 Å². The number of rotatable bonds is 7. The summed E-state index contributed by atoms with van der Waals surface area (Å²) in [5.41, 5.74) is 4.93. The van der Waals surface area contributed by atoms with Crippen molar-refractivity contribution < 1.29 is 19.7 Å². The van der Waals surface area contributed by atoms with Gasteiger partial charge in [0.25, 0.3) is 0 Å². The Morgan fingerprint density at radius 3 is 2.75 bits per heavy atom. The number of aliphatic hydroxyl groups is 2. The van der Waals surface area contributed by atoms with Crippen molar-refractivity contribution in [2.24, 2.45) is 0 Å². The first kappa shape index (κ1) is 20.9. The predicted octanol–water partition coefficient (Wildman–Crippen LogP) is 1.52. The molecule has 1 amide bonds. The highest BCUT2D eigenvalue weighted by Crippen LogP contribution is 2.27. The SMILES string of the molecule is CO[C@@H](C)C(O)N1C[C@H](O)C[C@H]1C(=O)NCc1ccc(-c2scnc2C)cc1. The van der Waals surface area contributed by atoms with Gasteiger partial charge >= 0.3 is 0 Å².